The average molecular weight is 373 g/mol. The number of methoxy groups -OCH3 is 2. The number of nitrogens with zero attached hydrogens (tertiary/aromatic N) is 4. The summed E-state index contributed by atoms with van der Waals surface area (Å²) >= 11 is 0. The van der Waals surface area contributed by atoms with Crippen molar-refractivity contribution < 1.29 is 9.47 Å². The molecule has 0 aliphatic rings. The minimum absolute atomic E-state index is 0.519. The highest BCUT2D eigenvalue weighted by Gasteiger charge is 2.12. The second-order valence-corrected chi connectivity index (χ2v) is 6.07. The Labute approximate surface area is 162 Å². The summed E-state index contributed by atoms with van der Waals surface area (Å²) < 4.78 is 10.8. The van der Waals surface area contributed by atoms with E-state index in [0.29, 0.717) is 11.5 Å². The lowest BCUT2D eigenvalue weighted by atomic mass is 10.0. The first-order valence-corrected chi connectivity index (χ1v) is 8.71. The minimum Gasteiger partial charge on any atom is -0.497 e. The van der Waals surface area contributed by atoms with Crippen LogP contribution in [0.1, 0.15) is 0 Å². The minimum atomic E-state index is 0.519. The molecule has 0 saturated heterocycles. The van der Waals surface area contributed by atoms with Crippen molar-refractivity contribution in [3.05, 3.63) is 55.0 Å². The van der Waals surface area contributed by atoms with E-state index in [1.165, 1.54) is 0 Å². The van der Waals surface area contributed by atoms with Crippen molar-refractivity contribution >= 4 is 16.7 Å². The van der Waals surface area contributed by atoms with Gasteiger partial charge in [-0.1, -0.05) is 6.07 Å². The zero-order valence-electron chi connectivity index (χ0n) is 15.8. The normalized spacial score (nSPS) is 10.7. The fraction of sp³-hybridized carbons (Fsp3) is 0.143. The summed E-state index contributed by atoms with van der Waals surface area (Å²) in [5, 5.41) is 4.06. The molecule has 0 amide bonds. The Balaban J connectivity index is 1.89. The van der Waals surface area contributed by atoms with Gasteiger partial charge in [0.25, 0.3) is 0 Å². The molecule has 0 bridgehead atoms. The molecule has 0 fully saturated rings. The predicted molar refractivity (Wildman–Crippen MR) is 109 cm³/mol. The van der Waals surface area contributed by atoms with Crippen molar-refractivity contribution in [1.29, 1.82) is 0 Å². The summed E-state index contributed by atoms with van der Waals surface area (Å²) in [5.74, 6) is 2.72. The maximum absolute atomic E-state index is 5.39. The third kappa shape index (κ3) is 3.29. The quantitative estimate of drug-likeness (QED) is 0.569. The molecule has 7 heteroatoms. The van der Waals surface area contributed by atoms with Gasteiger partial charge in [-0.2, -0.15) is 0 Å². The van der Waals surface area contributed by atoms with Gasteiger partial charge < -0.3 is 14.8 Å². The molecule has 4 aromatic rings. The number of hydrogen-bond donors (Lipinski definition) is 1. The Morgan fingerprint density at radius 2 is 1.64 bits per heavy atom. The first-order chi connectivity index (χ1) is 13.7. The number of anilines is 1. The highest BCUT2D eigenvalue weighted by Crippen LogP contribution is 2.32. The van der Waals surface area contributed by atoms with Gasteiger partial charge >= 0.3 is 0 Å². The average Bonchev–Trinajstić information content (AvgIpc) is 2.78. The van der Waals surface area contributed by atoms with Crippen molar-refractivity contribution in [1.82, 2.24) is 19.9 Å². The van der Waals surface area contributed by atoms with Gasteiger partial charge in [0, 0.05) is 30.9 Å². The van der Waals surface area contributed by atoms with Crippen molar-refractivity contribution in [2.75, 3.05) is 26.6 Å². The molecule has 2 aromatic heterocycles. The van der Waals surface area contributed by atoms with Crippen LogP contribution in [0.15, 0.2) is 55.0 Å². The van der Waals surface area contributed by atoms with E-state index in [1.54, 1.807) is 32.8 Å². The molecule has 1 N–H and O–H groups in total. The van der Waals surface area contributed by atoms with Gasteiger partial charge in [0.1, 0.15) is 23.0 Å². The van der Waals surface area contributed by atoms with Crippen LogP contribution in [-0.4, -0.2) is 41.2 Å². The van der Waals surface area contributed by atoms with Crippen LogP contribution in [0.4, 0.5) is 5.82 Å². The highest BCUT2D eigenvalue weighted by atomic mass is 16.5. The topological polar surface area (TPSA) is 82.1 Å². The SMILES string of the molecule is CNc1nc(-c2cnccn2)nc2cc(-c3cc(OC)cc(OC)c3)ccc12. The van der Waals surface area contributed by atoms with Gasteiger partial charge in [-0.05, 0) is 35.4 Å². The van der Waals surface area contributed by atoms with Gasteiger partial charge in [0.2, 0.25) is 0 Å². The van der Waals surface area contributed by atoms with E-state index in [1.807, 2.05) is 43.4 Å². The molecular formula is C21H19N5O2. The zero-order chi connectivity index (χ0) is 19.5. The van der Waals surface area contributed by atoms with E-state index in [2.05, 4.69) is 20.3 Å². The molecule has 0 spiro atoms. The Morgan fingerprint density at radius 3 is 2.29 bits per heavy atom. The van der Waals surface area contributed by atoms with Crippen molar-refractivity contribution in [2.45, 2.75) is 0 Å². The number of rotatable bonds is 5. The van der Waals surface area contributed by atoms with E-state index in [9.17, 15) is 0 Å². The second-order valence-electron chi connectivity index (χ2n) is 6.07. The van der Waals surface area contributed by atoms with E-state index in [4.69, 9.17) is 14.5 Å². The van der Waals surface area contributed by atoms with Gasteiger partial charge in [-0.15, -0.1) is 0 Å². The van der Waals surface area contributed by atoms with Crippen molar-refractivity contribution in [2.24, 2.45) is 0 Å². The van der Waals surface area contributed by atoms with Crippen LogP contribution in [0.3, 0.4) is 0 Å². The molecule has 2 aromatic carbocycles. The molecule has 0 radical (unpaired) electrons. The zero-order valence-corrected chi connectivity index (χ0v) is 15.8. The number of aromatic nitrogens is 4. The smallest absolute Gasteiger partial charge is 0.182 e. The van der Waals surface area contributed by atoms with E-state index in [-0.39, 0.29) is 0 Å². The number of fused-ring (bicyclic) bond motifs is 1. The number of nitrogens with one attached hydrogen (secondary N) is 1. The maximum atomic E-state index is 5.39. The first-order valence-electron chi connectivity index (χ1n) is 8.71. The highest BCUT2D eigenvalue weighted by molar-refractivity contribution is 5.93. The Kier molecular flexibility index (Phi) is 4.72. The third-order valence-electron chi connectivity index (χ3n) is 4.41. The van der Waals surface area contributed by atoms with Crippen LogP contribution in [0.2, 0.25) is 0 Å². The Morgan fingerprint density at radius 1 is 0.857 bits per heavy atom. The summed E-state index contributed by atoms with van der Waals surface area (Å²) in [7, 11) is 5.11. The maximum Gasteiger partial charge on any atom is 0.182 e. The lowest BCUT2D eigenvalue weighted by molar-refractivity contribution is 0.394. The second kappa shape index (κ2) is 7.48. The van der Waals surface area contributed by atoms with E-state index in [0.717, 1.165) is 39.3 Å². The Bertz CT molecular complexity index is 1110. The molecule has 0 aliphatic carbocycles. The van der Waals surface area contributed by atoms with Gasteiger partial charge in [0.05, 0.1) is 25.9 Å². The van der Waals surface area contributed by atoms with Crippen LogP contribution < -0.4 is 14.8 Å². The summed E-state index contributed by atoms with van der Waals surface area (Å²) in [4.78, 5) is 17.7. The van der Waals surface area contributed by atoms with Crippen molar-refractivity contribution in [3.63, 3.8) is 0 Å². The summed E-state index contributed by atoms with van der Waals surface area (Å²) in [6, 6.07) is 11.8. The van der Waals surface area contributed by atoms with Gasteiger partial charge in [-0.25, -0.2) is 15.0 Å². The molecule has 0 atom stereocenters. The van der Waals surface area contributed by atoms with Crippen LogP contribution >= 0.6 is 0 Å². The molecule has 4 rings (SSSR count). The van der Waals surface area contributed by atoms with Crippen LogP contribution in [0.25, 0.3) is 33.5 Å². The molecule has 0 saturated carbocycles. The molecule has 28 heavy (non-hydrogen) atoms. The molecule has 0 aliphatic heterocycles. The first kappa shape index (κ1) is 17.7. The summed E-state index contributed by atoms with van der Waals surface area (Å²) in [6.07, 6.45) is 4.90. The lowest BCUT2D eigenvalue weighted by Gasteiger charge is -2.11. The molecular weight excluding hydrogens is 354 g/mol. The summed E-state index contributed by atoms with van der Waals surface area (Å²) in [5.41, 5.74) is 3.40. The third-order valence-corrected chi connectivity index (χ3v) is 4.41. The number of hydrogen-bond acceptors (Lipinski definition) is 7. The Hall–Kier alpha value is -3.74. The largest absolute Gasteiger partial charge is 0.497 e. The lowest BCUT2D eigenvalue weighted by Crippen LogP contribution is -2.00. The number of ether oxygens (including phenoxy) is 2. The summed E-state index contributed by atoms with van der Waals surface area (Å²) in [6.45, 7) is 0. The van der Waals surface area contributed by atoms with Crippen LogP contribution in [0.5, 0.6) is 11.5 Å². The monoisotopic (exact) mass is 373 g/mol. The molecule has 0 unspecified atom stereocenters. The fourth-order valence-electron chi connectivity index (χ4n) is 3.00. The van der Waals surface area contributed by atoms with Gasteiger partial charge in [-0.3, -0.25) is 4.98 Å². The van der Waals surface area contributed by atoms with E-state index < -0.39 is 0 Å². The fourth-order valence-corrected chi connectivity index (χ4v) is 3.00. The van der Waals surface area contributed by atoms with Crippen molar-refractivity contribution in [3.8, 4) is 34.1 Å². The van der Waals surface area contributed by atoms with Crippen LogP contribution in [-0.2, 0) is 0 Å². The predicted octanol–water partition coefficient (Wildman–Crippen LogP) is 3.81. The van der Waals surface area contributed by atoms with Crippen LogP contribution in [0, 0.1) is 0 Å². The molecule has 140 valence electrons. The van der Waals surface area contributed by atoms with Gasteiger partial charge in [0.15, 0.2) is 5.82 Å². The molecule has 7 nitrogen and oxygen atoms in total. The number of benzene rings is 2. The molecule has 2 heterocycles. The van der Waals surface area contributed by atoms with E-state index >= 15 is 0 Å². The standard InChI is InChI=1S/C21H19N5O2/c1-22-20-17-5-4-13(14-8-15(27-2)11-16(9-14)28-3)10-18(17)25-21(26-20)19-12-23-6-7-24-19/h4-12H,1-3H3,(H,22,25,26).